The highest BCUT2D eigenvalue weighted by Crippen LogP contribution is 2.50. The number of ether oxygens (including phenoxy) is 1. The van der Waals surface area contributed by atoms with Crippen LogP contribution in [0.3, 0.4) is 0 Å². The Bertz CT molecular complexity index is 1030. The third-order valence-corrected chi connectivity index (χ3v) is 7.11. The van der Waals surface area contributed by atoms with E-state index in [1.54, 1.807) is 0 Å². The molecule has 4 nitrogen and oxygen atoms in total. The highest BCUT2D eigenvalue weighted by molar-refractivity contribution is 5.80. The standard InChI is InChI=1S/C28H29NO3/c30-20-32-27(19-22(29-16-8-9-17-29)18-21-10-2-1-3-11-21)28(31)25-14-6-4-12-23(25)24-13-5-7-15-26(24)28/h1-7,10-15,20,22,27,31H,8-9,16-19H2/t22-,27?/m1/s1. The van der Waals surface area contributed by atoms with E-state index < -0.39 is 11.7 Å². The molecule has 1 aliphatic heterocycles. The van der Waals surface area contributed by atoms with Gasteiger partial charge in [-0.2, -0.15) is 0 Å². The normalized spacial score (nSPS) is 18.5. The zero-order chi connectivity index (χ0) is 22.0. The first-order chi connectivity index (χ1) is 15.7. The number of hydrogen-bond donors (Lipinski definition) is 1. The van der Waals surface area contributed by atoms with Gasteiger partial charge in [-0.3, -0.25) is 9.69 Å². The molecule has 1 N–H and O–H groups in total. The summed E-state index contributed by atoms with van der Waals surface area (Å²) in [5, 5.41) is 12.2. The molecule has 2 aliphatic rings. The summed E-state index contributed by atoms with van der Waals surface area (Å²) in [6, 6.07) is 26.5. The van der Waals surface area contributed by atoms with Gasteiger partial charge in [0.15, 0.2) is 5.60 Å². The molecule has 5 rings (SSSR count). The molecule has 1 unspecified atom stereocenters. The summed E-state index contributed by atoms with van der Waals surface area (Å²) < 4.78 is 5.71. The van der Waals surface area contributed by atoms with Crippen molar-refractivity contribution in [2.24, 2.45) is 0 Å². The number of carbonyl (C=O) groups excluding carboxylic acids is 1. The van der Waals surface area contributed by atoms with E-state index in [2.05, 4.69) is 29.2 Å². The molecule has 1 heterocycles. The average molecular weight is 428 g/mol. The second-order valence-electron chi connectivity index (χ2n) is 8.90. The van der Waals surface area contributed by atoms with Gasteiger partial charge in [-0.05, 0) is 60.2 Å². The van der Waals surface area contributed by atoms with Crippen LogP contribution in [0.5, 0.6) is 0 Å². The number of fused-ring (bicyclic) bond motifs is 3. The highest BCUT2D eigenvalue weighted by Gasteiger charge is 2.49. The minimum Gasteiger partial charge on any atom is -0.461 e. The van der Waals surface area contributed by atoms with Gasteiger partial charge >= 0.3 is 0 Å². The molecule has 1 saturated heterocycles. The summed E-state index contributed by atoms with van der Waals surface area (Å²) in [5.41, 5.74) is 3.52. The first kappa shape index (κ1) is 20.9. The monoisotopic (exact) mass is 427 g/mol. The third kappa shape index (κ3) is 3.64. The number of nitrogens with zero attached hydrogens (tertiary/aromatic N) is 1. The average Bonchev–Trinajstić information content (AvgIpc) is 3.46. The molecule has 0 bridgehead atoms. The number of hydrogen-bond acceptors (Lipinski definition) is 4. The fourth-order valence-corrected chi connectivity index (χ4v) is 5.59. The lowest BCUT2D eigenvalue weighted by atomic mass is 9.82. The molecule has 2 atom stereocenters. The molecule has 1 aliphatic carbocycles. The van der Waals surface area contributed by atoms with Crippen molar-refractivity contribution in [3.8, 4) is 11.1 Å². The topological polar surface area (TPSA) is 49.8 Å². The van der Waals surface area contributed by atoms with E-state index in [4.69, 9.17) is 4.74 Å². The first-order valence-corrected chi connectivity index (χ1v) is 11.5. The molecule has 4 heteroatoms. The molecule has 0 radical (unpaired) electrons. The van der Waals surface area contributed by atoms with Gasteiger partial charge < -0.3 is 9.84 Å². The molecular formula is C28H29NO3. The number of carbonyl (C=O) groups is 1. The Morgan fingerprint density at radius 1 is 0.875 bits per heavy atom. The summed E-state index contributed by atoms with van der Waals surface area (Å²) in [6.07, 6.45) is 3.10. The Hall–Kier alpha value is -2.95. The SMILES string of the molecule is O=COC(C[C@@H](Cc1ccccc1)N1CCCC1)C1(O)c2ccccc2-c2ccccc21. The van der Waals surface area contributed by atoms with Crippen LogP contribution in [0.15, 0.2) is 78.9 Å². The lowest BCUT2D eigenvalue weighted by molar-refractivity contribution is -0.148. The Labute approximate surface area is 189 Å². The van der Waals surface area contributed by atoms with E-state index in [9.17, 15) is 9.90 Å². The number of likely N-dealkylation sites (tertiary alicyclic amines) is 1. The van der Waals surface area contributed by atoms with Crippen LogP contribution in [-0.4, -0.2) is 41.7 Å². The maximum Gasteiger partial charge on any atom is 0.293 e. The zero-order valence-electron chi connectivity index (χ0n) is 18.2. The summed E-state index contributed by atoms with van der Waals surface area (Å²) in [5.74, 6) is 0. The molecule has 164 valence electrons. The van der Waals surface area contributed by atoms with Crippen LogP contribution in [0, 0.1) is 0 Å². The van der Waals surface area contributed by atoms with Crippen LogP contribution >= 0.6 is 0 Å². The van der Waals surface area contributed by atoms with Gasteiger partial charge in [-0.25, -0.2) is 0 Å². The van der Waals surface area contributed by atoms with Crippen molar-refractivity contribution in [2.75, 3.05) is 13.1 Å². The van der Waals surface area contributed by atoms with Crippen molar-refractivity contribution < 1.29 is 14.6 Å². The van der Waals surface area contributed by atoms with E-state index in [-0.39, 0.29) is 6.04 Å². The Morgan fingerprint density at radius 2 is 1.44 bits per heavy atom. The van der Waals surface area contributed by atoms with E-state index in [0.29, 0.717) is 12.9 Å². The molecular weight excluding hydrogens is 398 g/mol. The highest BCUT2D eigenvalue weighted by atomic mass is 16.5. The van der Waals surface area contributed by atoms with E-state index in [0.717, 1.165) is 41.8 Å². The van der Waals surface area contributed by atoms with Gasteiger partial charge in [0.05, 0.1) is 0 Å². The Kier molecular flexibility index (Phi) is 5.81. The van der Waals surface area contributed by atoms with Crippen LogP contribution in [0.2, 0.25) is 0 Å². The number of benzene rings is 3. The lowest BCUT2D eigenvalue weighted by Gasteiger charge is -2.38. The lowest BCUT2D eigenvalue weighted by Crippen LogP contribution is -2.46. The van der Waals surface area contributed by atoms with Crippen LogP contribution in [-0.2, 0) is 21.6 Å². The predicted octanol–water partition coefficient (Wildman–Crippen LogP) is 4.54. The predicted molar refractivity (Wildman–Crippen MR) is 125 cm³/mol. The molecule has 32 heavy (non-hydrogen) atoms. The maximum atomic E-state index is 12.2. The Morgan fingerprint density at radius 3 is 2.03 bits per heavy atom. The number of aliphatic hydroxyl groups is 1. The van der Waals surface area contributed by atoms with Crippen molar-refractivity contribution in [1.82, 2.24) is 4.90 Å². The van der Waals surface area contributed by atoms with Crippen LogP contribution < -0.4 is 0 Å². The fourth-order valence-electron chi connectivity index (χ4n) is 5.59. The van der Waals surface area contributed by atoms with Crippen LogP contribution in [0.25, 0.3) is 11.1 Å². The minimum atomic E-state index is -1.37. The van der Waals surface area contributed by atoms with E-state index in [1.165, 1.54) is 18.4 Å². The fraction of sp³-hybridized carbons (Fsp3) is 0.321. The second-order valence-corrected chi connectivity index (χ2v) is 8.90. The smallest absolute Gasteiger partial charge is 0.293 e. The van der Waals surface area contributed by atoms with Crippen LogP contribution in [0.4, 0.5) is 0 Å². The molecule has 0 amide bonds. The van der Waals surface area contributed by atoms with Gasteiger partial charge in [0.2, 0.25) is 0 Å². The van der Waals surface area contributed by atoms with Crippen molar-refractivity contribution >= 4 is 6.47 Å². The quantitative estimate of drug-likeness (QED) is 0.536. The number of rotatable bonds is 8. The van der Waals surface area contributed by atoms with E-state index in [1.807, 2.05) is 54.6 Å². The van der Waals surface area contributed by atoms with Crippen LogP contribution in [0.1, 0.15) is 36.0 Å². The van der Waals surface area contributed by atoms with Crippen molar-refractivity contribution in [2.45, 2.75) is 43.4 Å². The van der Waals surface area contributed by atoms with Crippen molar-refractivity contribution in [3.63, 3.8) is 0 Å². The van der Waals surface area contributed by atoms with Gasteiger partial charge in [0, 0.05) is 12.5 Å². The van der Waals surface area contributed by atoms with E-state index >= 15 is 0 Å². The Balaban J connectivity index is 1.54. The third-order valence-electron chi connectivity index (χ3n) is 7.11. The molecule has 3 aromatic carbocycles. The summed E-state index contributed by atoms with van der Waals surface area (Å²) in [6.45, 7) is 2.57. The van der Waals surface area contributed by atoms with Gasteiger partial charge in [-0.15, -0.1) is 0 Å². The molecule has 0 aromatic heterocycles. The van der Waals surface area contributed by atoms with Crippen molar-refractivity contribution in [3.05, 3.63) is 95.6 Å². The van der Waals surface area contributed by atoms with Gasteiger partial charge in [0.1, 0.15) is 6.10 Å². The van der Waals surface area contributed by atoms with Gasteiger partial charge in [-0.1, -0.05) is 78.9 Å². The zero-order valence-corrected chi connectivity index (χ0v) is 18.2. The second kappa shape index (κ2) is 8.89. The van der Waals surface area contributed by atoms with Crippen molar-refractivity contribution in [1.29, 1.82) is 0 Å². The minimum absolute atomic E-state index is 0.175. The van der Waals surface area contributed by atoms with Gasteiger partial charge in [0.25, 0.3) is 6.47 Å². The largest absolute Gasteiger partial charge is 0.461 e. The summed E-state index contributed by atoms with van der Waals surface area (Å²) >= 11 is 0. The first-order valence-electron chi connectivity index (χ1n) is 11.5. The molecule has 0 saturated carbocycles. The summed E-state index contributed by atoms with van der Waals surface area (Å²) in [7, 11) is 0. The maximum absolute atomic E-state index is 12.2. The molecule has 3 aromatic rings. The molecule has 0 spiro atoms. The molecule has 1 fully saturated rings. The summed E-state index contributed by atoms with van der Waals surface area (Å²) in [4.78, 5) is 14.1.